The van der Waals surface area contributed by atoms with Crippen LogP contribution in [-0.2, 0) is 28.4 Å². The van der Waals surface area contributed by atoms with E-state index in [1.54, 1.807) is 0 Å². The molecule has 1 aromatic carbocycles. The van der Waals surface area contributed by atoms with Gasteiger partial charge in [-0.15, -0.1) is 0 Å². The Bertz CT molecular complexity index is 768. The maximum absolute atomic E-state index is 12.7. The van der Waals surface area contributed by atoms with Gasteiger partial charge in [-0.05, 0) is 76.0 Å². The average molecular weight is 547 g/mol. The summed E-state index contributed by atoms with van der Waals surface area (Å²) >= 11 is 0. The van der Waals surface area contributed by atoms with Gasteiger partial charge in [0.25, 0.3) is 0 Å². The minimum atomic E-state index is -0.634. The molecule has 0 saturated heterocycles. The van der Waals surface area contributed by atoms with Crippen LogP contribution < -0.4 is 0 Å². The Hall–Kier alpha value is -3.75. The molecule has 9 heteroatoms. The van der Waals surface area contributed by atoms with Crippen molar-refractivity contribution >= 4 is 17.9 Å². The van der Waals surface area contributed by atoms with E-state index in [0.29, 0.717) is 39.1 Å². The van der Waals surface area contributed by atoms with E-state index in [4.69, 9.17) is 28.4 Å². The van der Waals surface area contributed by atoms with Crippen LogP contribution in [0.15, 0.2) is 56.7 Å². The summed E-state index contributed by atoms with van der Waals surface area (Å²) in [6.45, 7) is 12.7. The lowest BCUT2D eigenvalue weighted by Crippen LogP contribution is -2.14. The van der Waals surface area contributed by atoms with Crippen LogP contribution in [0.2, 0.25) is 0 Å². The third-order valence-corrected chi connectivity index (χ3v) is 5.41. The number of carbonyl (C=O) groups excluding carboxylic acids is 3. The van der Waals surface area contributed by atoms with Gasteiger partial charge in [0.2, 0.25) is 0 Å². The number of hydrogen-bond acceptors (Lipinski definition) is 9. The lowest BCUT2D eigenvalue weighted by atomic mass is 10.1. The van der Waals surface area contributed by atoms with Gasteiger partial charge in [0, 0.05) is 0 Å². The highest BCUT2D eigenvalue weighted by Gasteiger charge is 2.19. The van der Waals surface area contributed by atoms with Gasteiger partial charge < -0.3 is 28.4 Å². The standard InChI is InChI=1S/C30H42O9/c1-4-34-16-10-7-13-19-37-28(31)25-22-26(29(32)38-20-14-8-11-17-35-5-2)24-27(23-25)30(33)39-21-15-9-12-18-36-6-3/h4-6,22-24H,1-3,7-21H2. The maximum atomic E-state index is 12.7. The Morgan fingerprint density at radius 3 is 0.974 bits per heavy atom. The molecule has 0 N–H and O–H groups in total. The molecule has 0 heterocycles. The smallest absolute Gasteiger partial charge is 0.338 e. The lowest BCUT2D eigenvalue weighted by molar-refractivity contribution is 0.0493. The molecule has 1 aromatic rings. The molecule has 0 amide bonds. The molecular weight excluding hydrogens is 504 g/mol. The van der Waals surface area contributed by atoms with Gasteiger partial charge in [-0.2, -0.15) is 0 Å². The average Bonchev–Trinajstić information content (AvgIpc) is 2.95. The molecular formula is C30H42O9. The topological polar surface area (TPSA) is 107 Å². The summed E-state index contributed by atoms with van der Waals surface area (Å²) in [4.78, 5) is 38.1. The Balaban J connectivity index is 2.74. The van der Waals surface area contributed by atoms with Crippen LogP contribution in [-0.4, -0.2) is 57.5 Å². The number of hydrogen-bond donors (Lipinski definition) is 0. The van der Waals surface area contributed by atoms with Crippen LogP contribution in [0.25, 0.3) is 0 Å². The van der Waals surface area contributed by atoms with Crippen LogP contribution in [0.3, 0.4) is 0 Å². The summed E-state index contributed by atoms with van der Waals surface area (Å²) in [7, 11) is 0. The molecule has 0 bridgehead atoms. The first-order valence-electron chi connectivity index (χ1n) is 13.4. The molecule has 0 fully saturated rings. The van der Waals surface area contributed by atoms with E-state index in [-0.39, 0.29) is 36.5 Å². The molecule has 0 saturated carbocycles. The van der Waals surface area contributed by atoms with Crippen molar-refractivity contribution in [2.24, 2.45) is 0 Å². The van der Waals surface area contributed by atoms with Gasteiger partial charge in [0.1, 0.15) is 0 Å². The summed E-state index contributed by atoms with van der Waals surface area (Å²) in [6.07, 6.45) is 11.0. The van der Waals surface area contributed by atoms with Crippen molar-refractivity contribution in [3.8, 4) is 0 Å². The predicted molar refractivity (Wildman–Crippen MR) is 147 cm³/mol. The fourth-order valence-electron chi connectivity index (χ4n) is 3.37. The molecule has 216 valence electrons. The molecule has 0 spiro atoms. The normalized spacial score (nSPS) is 10.2. The van der Waals surface area contributed by atoms with Gasteiger partial charge in [0.15, 0.2) is 0 Å². The molecule has 0 aliphatic heterocycles. The highest BCUT2D eigenvalue weighted by Crippen LogP contribution is 2.16. The zero-order valence-electron chi connectivity index (χ0n) is 22.9. The monoisotopic (exact) mass is 546 g/mol. The Morgan fingerprint density at radius 2 is 0.718 bits per heavy atom. The molecule has 1 rings (SSSR count). The Morgan fingerprint density at radius 1 is 0.462 bits per heavy atom. The first-order valence-corrected chi connectivity index (χ1v) is 13.4. The number of benzene rings is 1. The predicted octanol–water partition coefficient (Wildman–Crippen LogP) is 6.15. The van der Waals surface area contributed by atoms with E-state index >= 15 is 0 Å². The Kier molecular flexibility index (Phi) is 19.0. The highest BCUT2D eigenvalue weighted by molar-refractivity contribution is 6.00. The molecule has 0 atom stereocenters. The Labute approximate surface area is 231 Å². The summed E-state index contributed by atoms with van der Waals surface area (Å²) in [5.74, 6) is -1.90. The number of rotatable bonds is 24. The van der Waals surface area contributed by atoms with Crippen LogP contribution in [0.4, 0.5) is 0 Å². The van der Waals surface area contributed by atoms with E-state index in [9.17, 15) is 14.4 Å². The van der Waals surface area contributed by atoms with Gasteiger partial charge in [-0.3, -0.25) is 0 Å². The summed E-state index contributed by atoms with van der Waals surface area (Å²) in [5.41, 5.74) is 0.235. The van der Waals surface area contributed by atoms with Crippen LogP contribution in [0.5, 0.6) is 0 Å². The second-order valence-corrected chi connectivity index (χ2v) is 8.50. The van der Waals surface area contributed by atoms with Crippen molar-refractivity contribution in [3.63, 3.8) is 0 Å². The molecule has 0 aromatic heterocycles. The van der Waals surface area contributed by atoms with Gasteiger partial charge in [-0.25, -0.2) is 14.4 Å². The minimum absolute atomic E-state index is 0.0783. The first-order chi connectivity index (χ1) is 19.0. The summed E-state index contributed by atoms with van der Waals surface area (Å²) in [5, 5.41) is 0. The molecule has 0 aliphatic carbocycles. The van der Waals surface area contributed by atoms with Gasteiger partial charge >= 0.3 is 17.9 Å². The van der Waals surface area contributed by atoms with E-state index in [1.165, 1.54) is 37.0 Å². The first kappa shape index (κ1) is 33.3. The number of unbranched alkanes of at least 4 members (excludes halogenated alkanes) is 6. The van der Waals surface area contributed by atoms with Crippen molar-refractivity contribution in [3.05, 3.63) is 73.4 Å². The van der Waals surface area contributed by atoms with E-state index in [2.05, 4.69) is 19.7 Å². The van der Waals surface area contributed by atoms with E-state index in [1.807, 2.05) is 0 Å². The fourth-order valence-corrected chi connectivity index (χ4v) is 3.37. The van der Waals surface area contributed by atoms with Crippen LogP contribution in [0.1, 0.15) is 88.9 Å². The van der Waals surface area contributed by atoms with Crippen LogP contribution in [0, 0.1) is 0 Å². The third-order valence-electron chi connectivity index (χ3n) is 5.41. The SMILES string of the molecule is C=COCCCCCOC(=O)c1cc(C(=O)OCCCCCOC=C)cc(C(=O)OCCCCCOC=C)c1. The zero-order valence-corrected chi connectivity index (χ0v) is 22.9. The largest absolute Gasteiger partial charge is 0.502 e. The van der Waals surface area contributed by atoms with E-state index < -0.39 is 17.9 Å². The number of carbonyl (C=O) groups is 3. The highest BCUT2D eigenvalue weighted by atomic mass is 16.5. The van der Waals surface area contributed by atoms with Gasteiger partial charge in [-0.1, -0.05) is 19.7 Å². The number of esters is 3. The molecule has 39 heavy (non-hydrogen) atoms. The summed E-state index contributed by atoms with van der Waals surface area (Å²) in [6, 6.07) is 4.12. The fraction of sp³-hybridized carbons (Fsp3) is 0.500. The third kappa shape index (κ3) is 16.0. The zero-order chi connectivity index (χ0) is 28.6. The lowest BCUT2D eigenvalue weighted by Gasteiger charge is -2.11. The van der Waals surface area contributed by atoms with Crippen molar-refractivity contribution in [2.45, 2.75) is 57.8 Å². The van der Waals surface area contributed by atoms with Crippen molar-refractivity contribution in [1.82, 2.24) is 0 Å². The maximum Gasteiger partial charge on any atom is 0.338 e. The van der Waals surface area contributed by atoms with Gasteiger partial charge in [0.05, 0.1) is 75.1 Å². The molecule has 9 nitrogen and oxygen atoms in total. The van der Waals surface area contributed by atoms with E-state index in [0.717, 1.165) is 38.5 Å². The quantitative estimate of drug-likeness (QED) is 0.0653. The molecule has 0 aliphatic rings. The molecule has 0 unspecified atom stereocenters. The molecule has 0 radical (unpaired) electrons. The van der Waals surface area contributed by atoms with Crippen molar-refractivity contribution in [1.29, 1.82) is 0 Å². The second kappa shape index (κ2) is 22.3. The summed E-state index contributed by atoms with van der Waals surface area (Å²) < 4.78 is 31.3. The second-order valence-electron chi connectivity index (χ2n) is 8.50. The van der Waals surface area contributed by atoms with Crippen LogP contribution >= 0.6 is 0 Å². The number of ether oxygens (including phenoxy) is 6. The van der Waals surface area contributed by atoms with Crippen molar-refractivity contribution in [2.75, 3.05) is 39.6 Å². The van der Waals surface area contributed by atoms with Crippen molar-refractivity contribution < 1.29 is 42.8 Å². The minimum Gasteiger partial charge on any atom is -0.502 e.